The quantitative estimate of drug-likeness (QED) is 0.205. The lowest BCUT2D eigenvalue weighted by Gasteiger charge is -2.38. The summed E-state index contributed by atoms with van der Waals surface area (Å²) in [5.41, 5.74) is 0.965. The SMILES string of the molecule is CCOC(=O)c1cn([C@H](CO[Si](C)(C)C(C)(C)C)C(C)C)c2ccc(Cc3cccc(Cl)c3F)nc2c1=O. The van der Waals surface area contributed by atoms with Crippen LogP contribution in [0.5, 0.6) is 0 Å². The number of carbonyl (C=O) groups excluding carboxylic acids is 1. The minimum Gasteiger partial charge on any atom is -0.462 e. The van der Waals surface area contributed by atoms with Gasteiger partial charge in [-0.25, -0.2) is 14.2 Å². The Balaban J connectivity index is 2.17. The summed E-state index contributed by atoms with van der Waals surface area (Å²) in [4.78, 5) is 30.9. The zero-order chi connectivity index (χ0) is 28.4. The molecule has 0 amide bonds. The van der Waals surface area contributed by atoms with Gasteiger partial charge in [0.2, 0.25) is 5.43 Å². The van der Waals surface area contributed by atoms with Gasteiger partial charge in [0.05, 0.1) is 29.8 Å². The van der Waals surface area contributed by atoms with Crippen LogP contribution in [0.25, 0.3) is 11.0 Å². The van der Waals surface area contributed by atoms with Crippen molar-refractivity contribution in [2.45, 2.75) is 72.1 Å². The number of benzene rings is 1. The Kier molecular flexibility index (Phi) is 9.22. The molecule has 1 atom stereocenters. The summed E-state index contributed by atoms with van der Waals surface area (Å²) in [6.45, 7) is 17.4. The number of fused-ring (bicyclic) bond motifs is 1. The third-order valence-electron chi connectivity index (χ3n) is 7.38. The number of esters is 1. The number of carbonyl (C=O) groups is 1. The second-order valence-electron chi connectivity index (χ2n) is 11.4. The molecule has 0 unspecified atom stereocenters. The van der Waals surface area contributed by atoms with Crippen LogP contribution in [0.15, 0.2) is 41.3 Å². The van der Waals surface area contributed by atoms with E-state index in [2.05, 4.69) is 52.7 Å². The standard InChI is InChI=1S/C29H38ClFN2O4Si/c1-9-36-28(35)21-16-33(24(18(2)3)17-37-38(7,8)29(4,5)6)23-14-13-20(32-26(23)27(21)34)15-19-11-10-12-22(30)25(19)31/h10-14,16,18,24H,9,15,17H2,1-8H3/t24-/m1/s1. The predicted octanol–water partition coefficient (Wildman–Crippen LogP) is 7.18. The van der Waals surface area contributed by atoms with Crippen LogP contribution in [0, 0.1) is 11.7 Å². The van der Waals surface area contributed by atoms with E-state index in [4.69, 9.17) is 20.8 Å². The summed E-state index contributed by atoms with van der Waals surface area (Å²) >= 11 is 5.95. The van der Waals surface area contributed by atoms with Crippen LogP contribution >= 0.6 is 11.6 Å². The van der Waals surface area contributed by atoms with E-state index in [9.17, 15) is 14.0 Å². The Morgan fingerprint density at radius 1 is 1.18 bits per heavy atom. The Hall–Kier alpha value is -2.55. The van der Waals surface area contributed by atoms with Gasteiger partial charge in [0.1, 0.15) is 16.9 Å². The molecule has 3 rings (SSSR count). The van der Waals surface area contributed by atoms with Gasteiger partial charge in [-0.15, -0.1) is 0 Å². The number of halogens is 2. The lowest BCUT2D eigenvalue weighted by molar-refractivity contribution is 0.0523. The van der Waals surface area contributed by atoms with E-state index in [-0.39, 0.29) is 46.1 Å². The Bertz CT molecular complexity index is 1380. The number of pyridine rings is 2. The first-order valence-electron chi connectivity index (χ1n) is 13.0. The van der Waals surface area contributed by atoms with Crippen molar-refractivity contribution in [3.63, 3.8) is 0 Å². The fourth-order valence-corrected chi connectivity index (χ4v) is 5.19. The molecule has 0 saturated heterocycles. The van der Waals surface area contributed by atoms with Crippen molar-refractivity contribution in [3.8, 4) is 0 Å². The lowest BCUT2D eigenvalue weighted by Crippen LogP contribution is -2.42. The van der Waals surface area contributed by atoms with Crippen LogP contribution in [0.2, 0.25) is 23.2 Å². The van der Waals surface area contributed by atoms with Crippen molar-refractivity contribution in [1.82, 2.24) is 9.55 Å². The van der Waals surface area contributed by atoms with Gasteiger partial charge in [0, 0.05) is 18.3 Å². The zero-order valence-corrected chi connectivity index (χ0v) is 25.3. The molecule has 0 saturated carbocycles. The van der Waals surface area contributed by atoms with Crippen molar-refractivity contribution in [2.24, 2.45) is 5.92 Å². The highest BCUT2D eigenvalue weighted by molar-refractivity contribution is 6.74. The lowest BCUT2D eigenvalue weighted by atomic mass is 10.0. The molecule has 0 radical (unpaired) electrons. The first-order chi connectivity index (χ1) is 17.7. The van der Waals surface area contributed by atoms with Crippen LogP contribution in [0.4, 0.5) is 4.39 Å². The Morgan fingerprint density at radius 3 is 2.47 bits per heavy atom. The molecule has 0 N–H and O–H groups in total. The summed E-state index contributed by atoms with van der Waals surface area (Å²) in [6.07, 6.45) is 1.72. The first-order valence-corrected chi connectivity index (χ1v) is 16.2. The van der Waals surface area contributed by atoms with Crippen molar-refractivity contribution >= 4 is 36.9 Å². The normalized spacial score (nSPS) is 13.2. The molecular formula is C29H38ClFN2O4Si. The predicted molar refractivity (Wildman–Crippen MR) is 153 cm³/mol. The number of rotatable bonds is 9. The molecule has 0 aliphatic heterocycles. The first kappa shape index (κ1) is 30.0. The van der Waals surface area contributed by atoms with Gasteiger partial charge in [0.15, 0.2) is 8.32 Å². The van der Waals surface area contributed by atoms with Gasteiger partial charge in [-0.1, -0.05) is 58.4 Å². The van der Waals surface area contributed by atoms with Crippen LogP contribution < -0.4 is 5.43 Å². The Labute approximate surface area is 230 Å². The summed E-state index contributed by atoms with van der Waals surface area (Å²) < 4.78 is 28.2. The second-order valence-corrected chi connectivity index (χ2v) is 16.7. The van der Waals surface area contributed by atoms with Crippen LogP contribution in [0.1, 0.15) is 69.2 Å². The molecule has 206 valence electrons. The molecule has 9 heteroatoms. The Morgan fingerprint density at radius 2 is 1.87 bits per heavy atom. The molecule has 0 fully saturated rings. The molecule has 6 nitrogen and oxygen atoms in total. The van der Waals surface area contributed by atoms with Crippen molar-refractivity contribution in [3.05, 3.63) is 74.4 Å². The molecule has 0 spiro atoms. The van der Waals surface area contributed by atoms with Crippen molar-refractivity contribution < 1.29 is 18.3 Å². The molecular weight excluding hydrogens is 523 g/mol. The largest absolute Gasteiger partial charge is 0.462 e. The van der Waals surface area contributed by atoms with Gasteiger partial charge >= 0.3 is 5.97 Å². The summed E-state index contributed by atoms with van der Waals surface area (Å²) in [7, 11) is -2.06. The van der Waals surface area contributed by atoms with E-state index < -0.39 is 25.5 Å². The van der Waals surface area contributed by atoms with Gasteiger partial charge in [-0.05, 0) is 54.7 Å². The number of aromatic nitrogens is 2. The average molecular weight is 561 g/mol. The fraction of sp³-hybridized carbons (Fsp3) is 0.483. The van der Waals surface area contributed by atoms with E-state index in [1.165, 1.54) is 6.07 Å². The highest BCUT2D eigenvalue weighted by Gasteiger charge is 2.38. The monoisotopic (exact) mass is 560 g/mol. The molecule has 0 aliphatic carbocycles. The van der Waals surface area contributed by atoms with Gasteiger partial charge < -0.3 is 13.7 Å². The van der Waals surface area contributed by atoms with Gasteiger partial charge in [-0.2, -0.15) is 0 Å². The fourth-order valence-electron chi connectivity index (χ4n) is 3.97. The van der Waals surface area contributed by atoms with E-state index in [0.29, 0.717) is 23.4 Å². The topological polar surface area (TPSA) is 70.4 Å². The number of hydrogen-bond acceptors (Lipinski definition) is 5. The minimum absolute atomic E-state index is 0.0248. The molecule has 0 aliphatic rings. The average Bonchev–Trinajstić information content (AvgIpc) is 2.82. The van der Waals surface area contributed by atoms with E-state index >= 15 is 0 Å². The maximum atomic E-state index is 14.6. The zero-order valence-electron chi connectivity index (χ0n) is 23.5. The van der Waals surface area contributed by atoms with Crippen LogP contribution in [-0.4, -0.2) is 37.1 Å². The van der Waals surface area contributed by atoms with Crippen LogP contribution in [0.3, 0.4) is 0 Å². The summed E-state index contributed by atoms with van der Waals surface area (Å²) in [5.74, 6) is -1.09. The highest BCUT2D eigenvalue weighted by atomic mass is 35.5. The highest BCUT2D eigenvalue weighted by Crippen LogP contribution is 2.37. The van der Waals surface area contributed by atoms with E-state index in [1.54, 1.807) is 37.4 Å². The molecule has 2 aromatic heterocycles. The van der Waals surface area contributed by atoms with Crippen molar-refractivity contribution in [2.75, 3.05) is 13.2 Å². The second kappa shape index (κ2) is 11.7. The molecule has 38 heavy (non-hydrogen) atoms. The number of nitrogens with zero attached hydrogens (tertiary/aromatic N) is 2. The smallest absolute Gasteiger partial charge is 0.343 e. The summed E-state index contributed by atoms with van der Waals surface area (Å²) in [6, 6.07) is 8.19. The maximum absolute atomic E-state index is 14.6. The third kappa shape index (κ3) is 6.35. The van der Waals surface area contributed by atoms with Crippen LogP contribution in [-0.2, 0) is 15.6 Å². The maximum Gasteiger partial charge on any atom is 0.343 e. The minimum atomic E-state index is -2.06. The van der Waals surface area contributed by atoms with Gasteiger partial charge in [-0.3, -0.25) is 4.79 Å². The third-order valence-corrected chi connectivity index (χ3v) is 12.2. The summed E-state index contributed by atoms with van der Waals surface area (Å²) in [5, 5.41) is 0.0548. The molecule has 1 aromatic carbocycles. The van der Waals surface area contributed by atoms with E-state index in [0.717, 1.165) is 0 Å². The number of ether oxygens (including phenoxy) is 1. The molecule has 0 bridgehead atoms. The molecule has 2 heterocycles. The van der Waals surface area contributed by atoms with Crippen molar-refractivity contribution in [1.29, 1.82) is 0 Å². The van der Waals surface area contributed by atoms with Gasteiger partial charge in [0.25, 0.3) is 0 Å². The van der Waals surface area contributed by atoms with E-state index in [1.807, 2.05) is 4.57 Å². The molecule has 3 aromatic rings. The number of hydrogen-bond donors (Lipinski definition) is 0.